The predicted molar refractivity (Wildman–Crippen MR) is 51.9 cm³/mol. The standard InChI is InChI=1S/C6H10O2.C4H8O2/c1-2-3-7-4-6-5-8-6;1-2-4-6-5-3-1/h2,6H,1,3-5H2;1-4H2. The second-order valence-electron chi connectivity index (χ2n) is 3.13. The molecule has 0 N–H and O–H groups in total. The molecule has 2 aliphatic heterocycles. The van der Waals surface area contributed by atoms with Crippen LogP contribution in [0.2, 0.25) is 0 Å². The van der Waals surface area contributed by atoms with Gasteiger partial charge in [-0.05, 0) is 12.8 Å². The van der Waals surface area contributed by atoms with Crippen LogP contribution in [0.4, 0.5) is 0 Å². The Balaban J connectivity index is 0.000000146. The predicted octanol–water partition coefficient (Wildman–Crippen LogP) is 1.32. The molecule has 4 heteroatoms. The Labute approximate surface area is 84.7 Å². The Morgan fingerprint density at radius 1 is 1.29 bits per heavy atom. The van der Waals surface area contributed by atoms with Gasteiger partial charge in [-0.15, -0.1) is 6.58 Å². The zero-order chi connectivity index (χ0) is 10.1. The molecule has 82 valence electrons. The van der Waals surface area contributed by atoms with Crippen molar-refractivity contribution in [3.8, 4) is 0 Å². The van der Waals surface area contributed by atoms with Gasteiger partial charge in [0.2, 0.25) is 0 Å². The number of hydrogen-bond donors (Lipinski definition) is 0. The van der Waals surface area contributed by atoms with E-state index in [1.54, 1.807) is 6.08 Å². The largest absolute Gasteiger partial charge is 0.375 e. The lowest BCUT2D eigenvalue weighted by atomic mass is 10.3. The van der Waals surface area contributed by atoms with Gasteiger partial charge in [-0.1, -0.05) is 6.08 Å². The molecule has 0 aromatic rings. The molecule has 1 atom stereocenters. The van der Waals surface area contributed by atoms with Crippen LogP contribution in [0, 0.1) is 0 Å². The van der Waals surface area contributed by atoms with E-state index in [4.69, 9.17) is 9.47 Å². The molecule has 14 heavy (non-hydrogen) atoms. The molecule has 0 spiro atoms. The van der Waals surface area contributed by atoms with Crippen LogP contribution in [0.15, 0.2) is 12.7 Å². The molecule has 1 unspecified atom stereocenters. The first-order chi connectivity index (χ1) is 6.93. The average molecular weight is 202 g/mol. The van der Waals surface area contributed by atoms with Crippen molar-refractivity contribution in [1.82, 2.24) is 0 Å². The van der Waals surface area contributed by atoms with Gasteiger partial charge >= 0.3 is 0 Å². The van der Waals surface area contributed by atoms with E-state index in [1.165, 1.54) is 0 Å². The van der Waals surface area contributed by atoms with Crippen LogP contribution in [-0.4, -0.2) is 39.1 Å². The zero-order valence-electron chi connectivity index (χ0n) is 8.44. The van der Waals surface area contributed by atoms with Crippen LogP contribution >= 0.6 is 0 Å². The second kappa shape index (κ2) is 7.94. The van der Waals surface area contributed by atoms with Crippen molar-refractivity contribution in [3.05, 3.63) is 12.7 Å². The summed E-state index contributed by atoms with van der Waals surface area (Å²) in [6.07, 6.45) is 4.43. The van der Waals surface area contributed by atoms with Crippen LogP contribution in [0.5, 0.6) is 0 Å². The molecule has 0 amide bonds. The van der Waals surface area contributed by atoms with E-state index in [9.17, 15) is 0 Å². The summed E-state index contributed by atoms with van der Waals surface area (Å²) < 4.78 is 9.96. The fraction of sp³-hybridized carbons (Fsp3) is 0.800. The Bertz CT molecular complexity index is 130. The molecule has 0 bridgehead atoms. The number of epoxide rings is 1. The first-order valence-electron chi connectivity index (χ1n) is 4.98. The van der Waals surface area contributed by atoms with Gasteiger partial charge in [-0.2, -0.15) is 0 Å². The van der Waals surface area contributed by atoms with Crippen molar-refractivity contribution in [2.45, 2.75) is 18.9 Å². The fourth-order valence-electron chi connectivity index (χ4n) is 0.887. The minimum Gasteiger partial charge on any atom is -0.375 e. The van der Waals surface area contributed by atoms with Gasteiger partial charge < -0.3 is 9.47 Å². The second-order valence-corrected chi connectivity index (χ2v) is 3.13. The van der Waals surface area contributed by atoms with Crippen molar-refractivity contribution in [3.63, 3.8) is 0 Å². The van der Waals surface area contributed by atoms with Gasteiger partial charge in [-0.3, -0.25) is 0 Å². The maximum absolute atomic E-state index is 5.06. The first kappa shape index (κ1) is 11.7. The SMILES string of the molecule is C1CCOOC1.C=CCOCC1CO1. The highest BCUT2D eigenvalue weighted by Crippen LogP contribution is 2.07. The van der Waals surface area contributed by atoms with E-state index in [2.05, 4.69) is 16.4 Å². The first-order valence-corrected chi connectivity index (χ1v) is 4.98. The van der Waals surface area contributed by atoms with Gasteiger partial charge in [0.25, 0.3) is 0 Å². The van der Waals surface area contributed by atoms with E-state index in [0.717, 1.165) is 39.3 Å². The van der Waals surface area contributed by atoms with Gasteiger partial charge in [0.1, 0.15) is 6.10 Å². The Morgan fingerprint density at radius 2 is 1.93 bits per heavy atom. The van der Waals surface area contributed by atoms with Gasteiger partial charge in [-0.25, -0.2) is 9.78 Å². The number of rotatable bonds is 4. The van der Waals surface area contributed by atoms with E-state index in [0.29, 0.717) is 12.7 Å². The molecule has 2 aliphatic rings. The third-order valence-electron chi connectivity index (χ3n) is 1.73. The Hall–Kier alpha value is -0.420. The summed E-state index contributed by atoms with van der Waals surface area (Å²) in [4.78, 5) is 9.14. The van der Waals surface area contributed by atoms with Crippen molar-refractivity contribution in [2.24, 2.45) is 0 Å². The highest BCUT2D eigenvalue weighted by molar-refractivity contribution is 4.70. The lowest BCUT2D eigenvalue weighted by Gasteiger charge is -2.07. The molecule has 2 rings (SSSR count). The van der Waals surface area contributed by atoms with Crippen LogP contribution in [0.3, 0.4) is 0 Å². The summed E-state index contributed by atoms with van der Waals surface area (Å²) in [5.74, 6) is 0. The smallest absolute Gasteiger partial charge is 0.104 e. The lowest BCUT2D eigenvalue weighted by Crippen LogP contribution is -2.05. The number of ether oxygens (including phenoxy) is 2. The minimum atomic E-state index is 0.384. The third kappa shape index (κ3) is 7.03. The van der Waals surface area contributed by atoms with Gasteiger partial charge in [0.15, 0.2) is 0 Å². The van der Waals surface area contributed by atoms with E-state index in [-0.39, 0.29) is 0 Å². The molecular formula is C10H18O4. The van der Waals surface area contributed by atoms with Crippen LogP contribution in [0.1, 0.15) is 12.8 Å². The summed E-state index contributed by atoms with van der Waals surface area (Å²) in [5.41, 5.74) is 0. The van der Waals surface area contributed by atoms with Crippen molar-refractivity contribution >= 4 is 0 Å². The molecule has 4 nitrogen and oxygen atoms in total. The topological polar surface area (TPSA) is 40.2 Å². The highest BCUT2D eigenvalue weighted by atomic mass is 17.2. The van der Waals surface area contributed by atoms with Gasteiger partial charge in [0, 0.05) is 0 Å². The summed E-state index contributed by atoms with van der Waals surface area (Å²) in [6.45, 7) is 7.31. The molecule has 0 aromatic carbocycles. The molecule has 0 saturated carbocycles. The Morgan fingerprint density at radius 3 is 2.29 bits per heavy atom. The summed E-state index contributed by atoms with van der Waals surface area (Å²) >= 11 is 0. The van der Waals surface area contributed by atoms with Gasteiger partial charge in [0.05, 0.1) is 33.0 Å². The molecular weight excluding hydrogens is 184 g/mol. The van der Waals surface area contributed by atoms with Crippen molar-refractivity contribution in [1.29, 1.82) is 0 Å². The average Bonchev–Trinajstić information content (AvgIpc) is 3.06. The van der Waals surface area contributed by atoms with Crippen molar-refractivity contribution in [2.75, 3.05) is 33.0 Å². The highest BCUT2D eigenvalue weighted by Gasteiger charge is 2.21. The Kier molecular flexibility index (Phi) is 6.61. The normalized spacial score (nSPS) is 24.7. The summed E-state index contributed by atoms with van der Waals surface area (Å²) in [6, 6.07) is 0. The molecule has 2 fully saturated rings. The van der Waals surface area contributed by atoms with Crippen LogP contribution in [0.25, 0.3) is 0 Å². The van der Waals surface area contributed by atoms with E-state index < -0.39 is 0 Å². The fourth-order valence-corrected chi connectivity index (χ4v) is 0.887. The molecule has 2 saturated heterocycles. The summed E-state index contributed by atoms with van der Waals surface area (Å²) in [7, 11) is 0. The molecule has 0 radical (unpaired) electrons. The van der Waals surface area contributed by atoms with Crippen LogP contribution < -0.4 is 0 Å². The quantitative estimate of drug-likeness (QED) is 0.298. The third-order valence-corrected chi connectivity index (χ3v) is 1.73. The van der Waals surface area contributed by atoms with Crippen molar-refractivity contribution < 1.29 is 19.2 Å². The molecule has 0 aromatic heterocycles. The zero-order valence-corrected chi connectivity index (χ0v) is 8.44. The lowest BCUT2D eigenvalue weighted by molar-refractivity contribution is -0.312. The van der Waals surface area contributed by atoms with Crippen LogP contribution in [-0.2, 0) is 19.2 Å². The number of hydrogen-bond acceptors (Lipinski definition) is 4. The minimum absolute atomic E-state index is 0.384. The molecule has 0 aliphatic carbocycles. The van der Waals surface area contributed by atoms with E-state index in [1.807, 2.05) is 0 Å². The maximum Gasteiger partial charge on any atom is 0.104 e. The monoisotopic (exact) mass is 202 g/mol. The summed E-state index contributed by atoms with van der Waals surface area (Å²) in [5, 5.41) is 0. The maximum atomic E-state index is 5.06. The molecule has 2 heterocycles. The van der Waals surface area contributed by atoms with E-state index >= 15 is 0 Å².